The Hall–Kier alpha value is 0.223. The fourth-order valence-corrected chi connectivity index (χ4v) is 2.55. The van der Waals surface area contributed by atoms with Gasteiger partial charge in [0.15, 0.2) is 0 Å². The SMILES string of the molecule is Cc1ccnc(CC[CH]=[Ru]([Cl])[Cl])c1. The average molecular weight is 305 g/mol. The first-order valence-corrected chi connectivity index (χ1v) is 9.39. The van der Waals surface area contributed by atoms with Gasteiger partial charge in [-0.15, -0.1) is 0 Å². The summed E-state index contributed by atoms with van der Waals surface area (Å²) in [6.45, 7) is 2.07. The molecule has 0 aliphatic heterocycles. The molecule has 1 heterocycles. The summed E-state index contributed by atoms with van der Waals surface area (Å²) in [5.74, 6) is 0. The third-order valence-electron chi connectivity index (χ3n) is 1.58. The van der Waals surface area contributed by atoms with Crippen molar-refractivity contribution < 1.29 is 13.5 Å². The van der Waals surface area contributed by atoms with Crippen LogP contribution >= 0.6 is 19.4 Å². The third-order valence-corrected chi connectivity index (χ3v) is 3.91. The first kappa shape index (κ1) is 11.3. The molecule has 0 atom stereocenters. The molecule has 0 saturated heterocycles. The van der Waals surface area contributed by atoms with Crippen molar-refractivity contribution in [3.8, 4) is 0 Å². The minimum absolute atomic E-state index is 0.933. The Bertz CT molecular complexity index is 308. The maximum absolute atomic E-state index is 5.71. The molecule has 0 radical (unpaired) electrons. The third kappa shape index (κ3) is 4.85. The molecule has 1 rings (SSSR count). The fraction of sp³-hybridized carbons (Fsp3) is 0.333. The Morgan fingerprint density at radius 3 is 2.92 bits per heavy atom. The fourth-order valence-electron chi connectivity index (χ4n) is 1.01. The minimum atomic E-state index is -1.57. The van der Waals surface area contributed by atoms with E-state index in [2.05, 4.69) is 18.0 Å². The van der Waals surface area contributed by atoms with E-state index in [0.717, 1.165) is 18.5 Å². The number of aromatic nitrogens is 1. The zero-order valence-electron chi connectivity index (χ0n) is 7.28. The summed E-state index contributed by atoms with van der Waals surface area (Å²) in [5, 5.41) is 0. The van der Waals surface area contributed by atoms with Crippen LogP contribution in [0.15, 0.2) is 18.3 Å². The Morgan fingerprint density at radius 2 is 2.31 bits per heavy atom. The second-order valence-electron chi connectivity index (χ2n) is 2.71. The van der Waals surface area contributed by atoms with Crippen molar-refractivity contribution in [2.24, 2.45) is 0 Å². The van der Waals surface area contributed by atoms with Gasteiger partial charge in [0.1, 0.15) is 0 Å². The Kier molecular flexibility index (Phi) is 5.08. The first-order chi connectivity index (χ1) is 6.18. The van der Waals surface area contributed by atoms with Crippen molar-refractivity contribution in [2.75, 3.05) is 0 Å². The number of aryl methyl sites for hydroxylation is 2. The summed E-state index contributed by atoms with van der Waals surface area (Å²) < 4.78 is 2.01. The number of hydrogen-bond donors (Lipinski definition) is 0. The number of hydrogen-bond acceptors (Lipinski definition) is 1. The molecule has 0 saturated carbocycles. The summed E-state index contributed by atoms with van der Waals surface area (Å²) in [7, 11) is 11.4. The average Bonchev–Trinajstić information content (AvgIpc) is 2.03. The van der Waals surface area contributed by atoms with Gasteiger partial charge in [-0.25, -0.2) is 0 Å². The number of pyridine rings is 1. The van der Waals surface area contributed by atoms with Crippen molar-refractivity contribution in [3.05, 3.63) is 29.6 Å². The van der Waals surface area contributed by atoms with E-state index in [1.807, 2.05) is 16.9 Å². The molecule has 1 aromatic rings. The predicted octanol–water partition coefficient (Wildman–Crippen LogP) is 3.05. The molecule has 1 aromatic heterocycles. The van der Waals surface area contributed by atoms with Crippen LogP contribution in [0.5, 0.6) is 0 Å². The molecule has 0 aromatic carbocycles. The Balaban J connectivity index is 2.50. The van der Waals surface area contributed by atoms with Gasteiger partial charge in [-0.1, -0.05) is 0 Å². The topological polar surface area (TPSA) is 12.9 Å². The molecule has 0 bridgehead atoms. The summed E-state index contributed by atoms with van der Waals surface area (Å²) in [5.41, 5.74) is 2.36. The predicted molar refractivity (Wildman–Crippen MR) is 55.1 cm³/mol. The van der Waals surface area contributed by atoms with E-state index >= 15 is 0 Å². The van der Waals surface area contributed by atoms with Crippen LogP contribution in [-0.2, 0) is 19.9 Å². The number of nitrogens with zero attached hydrogens (tertiary/aromatic N) is 1. The summed E-state index contributed by atoms with van der Waals surface area (Å²) in [6.07, 6.45) is 3.70. The molecule has 0 aliphatic rings. The summed E-state index contributed by atoms with van der Waals surface area (Å²) in [4.78, 5) is 4.25. The van der Waals surface area contributed by atoms with Crippen molar-refractivity contribution in [3.63, 3.8) is 0 Å². The molecule has 0 amide bonds. The van der Waals surface area contributed by atoms with Gasteiger partial charge in [0, 0.05) is 0 Å². The molecule has 4 heteroatoms. The van der Waals surface area contributed by atoms with E-state index in [1.165, 1.54) is 5.56 Å². The number of rotatable bonds is 3. The van der Waals surface area contributed by atoms with Gasteiger partial charge in [0.05, 0.1) is 0 Å². The molecule has 0 unspecified atom stereocenters. The van der Waals surface area contributed by atoms with Crippen LogP contribution < -0.4 is 0 Å². The van der Waals surface area contributed by atoms with Crippen LogP contribution in [-0.4, -0.2) is 9.59 Å². The summed E-state index contributed by atoms with van der Waals surface area (Å²) >= 11 is -1.57. The van der Waals surface area contributed by atoms with E-state index in [-0.39, 0.29) is 0 Å². The maximum atomic E-state index is 5.71. The zero-order chi connectivity index (χ0) is 9.68. The molecule has 13 heavy (non-hydrogen) atoms. The van der Waals surface area contributed by atoms with Crippen LogP contribution in [0.1, 0.15) is 17.7 Å². The van der Waals surface area contributed by atoms with E-state index in [1.54, 1.807) is 0 Å². The molecular weight excluding hydrogens is 294 g/mol. The second kappa shape index (κ2) is 5.85. The van der Waals surface area contributed by atoms with Gasteiger partial charge >= 0.3 is 91.8 Å². The van der Waals surface area contributed by atoms with Gasteiger partial charge in [0.25, 0.3) is 0 Å². The van der Waals surface area contributed by atoms with E-state index in [9.17, 15) is 0 Å². The van der Waals surface area contributed by atoms with Gasteiger partial charge < -0.3 is 0 Å². The van der Waals surface area contributed by atoms with E-state index < -0.39 is 13.5 Å². The normalized spacial score (nSPS) is 11.2. The van der Waals surface area contributed by atoms with E-state index in [4.69, 9.17) is 19.4 Å². The van der Waals surface area contributed by atoms with Crippen molar-refractivity contribution in [1.29, 1.82) is 0 Å². The van der Waals surface area contributed by atoms with Crippen LogP contribution in [0.3, 0.4) is 0 Å². The van der Waals surface area contributed by atoms with Gasteiger partial charge in [-0.3, -0.25) is 0 Å². The van der Waals surface area contributed by atoms with Crippen LogP contribution in [0.4, 0.5) is 0 Å². The quantitative estimate of drug-likeness (QED) is 0.782. The molecule has 0 spiro atoms. The summed E-state index contributed by atoms with van der Waals surface area (Å²) in [6, 6.07) is 4.08. The molecule has 74 valence electrons. The zero-order valence-corrected chi connectivity index (χ0v) is 10.5. The van der Waals surface area contributed by atoms with Crippen molar-refractivity contribution in [2.45, 2.75) is 19.8 Å². The molecule has 0 N–H and O–H groups in total. The standard InChI is InChI=1S/C9H11N.2ClH.Ru/c1-3-4-9-7-8(2)5-6-10-9;;;/h1,5-7H,3-4H2,2H3;2*1H;/q;;;+2/p-2. The second-order valence-corrected chi connectivity index (χ2v) is 8.64. The monoisotopic (exact) mass is 305 g/mol. The van der Waals surface area contributed by atoms with Gasteiger partial charge in [-0.2, -0.15) is 0 Å². The van der Waals surface area contributed by atoms with Gasteiger partial charge in [-0.05, 0) is 0 Å². The number of halogens is 2. The van der Waals surface area contributed by atoms with Crippen LogP contribution in [0, 0.1) is 6.92 Å². The first-order valence-electron chi connectivity index (χ1n) is 3.91. The Morgan fingerprint density at radius 1 is 1.54 bits per heavy atom. The molecular formula is C9H11Cl2NRu. The Labute approximate surface area is 91.6 Å². The molecule has 0 fully saturated rings. The molecule has 1 nitrogen and oxygen atoms in total. The molecule has 0 aliphatic carbocycles. The van der Waals surface area contributed by atoms with Crippen molar-refractivity contribution >= 4 is 24.0 Å². The van der Waals surface area contributed by atoms with E-state index in [0.29, 0.717) is 0 Å². The van der Waals surface area contributed by atoms with Crippen LogP contribution in [0.25, 0.3) is 0 Å². The van der Waals surface area contributed by atoms with Crippen molar-refractivity contribution in [1.82, 2.24) is 4.98 Å². The van der Waals surface area contributed by atoms with Crippen LogP contribution in [0.2, 0.25) is 0 Å². The van der Waals surface area contributed by atoms with Gasteiger partial charge in [0.2, 0.25) is 0 Å².